The summed E-state index contributed by atoms with van der Waals surface area (Å²) in [5, 5.41) is 2.93. The Labute approximate surface area is 192 Å². The molecule has 32 heavy (non-hydrogen) atoms. The number of anilines is 1. The van der Waals surface area contributed by atoms with Crippen LogP contribution < -0.4 is 10.0 Å². The minimum absolute atomic E-state index is 0.0590. The second kappa shape index (κ2) is 10.6. The first kappa shape index (κ1) is 23.8. The van der Waals surface area contributed by atoms with Crippen LogP contribution in [0.1, 0.15) is 12.5 Å². The topological polar surface area (TPSA) is 105 Å². The fraction of sp³-hybridized carbons (Fsp3) is 0.273. The van der Waals surface area contributed by atoms with Gasteiger partial charge in [-0.2, -0.15) is 0 Å². The molecule has 1 aliphatic heterocycles. The molecule has 1 heterocycles. The van der Waals surface area contributed by atoms with Crippen LogP contribution in [0, 0.1) is 0 Å². The fourth-order valence-corrected chi connectivity index (χ4v) is 4.38. The molecule has 170 valence electrons. The SMILES string of the molecule is CC(NC(=O)/C=C/c1ccc(S(=O)(=O)Nc2ccccc2Cl)cc1)C(=O)N1CCOCC1. The Hall–Kier alpha value is -2.88. The number of hydrogen-bond acceptors (Lipinski definition) is 5. The van der Waals surface area contributed by atoms with Crippen LogP contribution in [0.3, 0.4) is 0 Å². The highest BCUT2D eigenvalue weighted by Gasteiger charge is 2.23. The van der Waals surface area contributed by atoms with Crippen LogP contribution in [0.5, 0.6) is 0 Å². The fourth-order valence-electron chi connectivity index (χ4n) is 3.06. The highest BCUT2D eigenvalue weighted by molar-refractivity contribution is 7.92. The van der Waals surface area contributed by atoms with Gasteiger partial charge in [0.05, 0.1) is 28.8 Å². The molecular weight excluding hydrogens is 454 g/mol. The van der Waals surface area contributed by atoms with Gasteiger partial charge >= 0.3 is 0 Å². The number of rotatable bonds is 7. The molecular formula is C22H24ClN3O5S. The molecule has 1 aliphatic rings. The van der Waals surface area contributed by atoms with Gasteiger partial charge in [0.15, 0.2) is 0 Å². The van der Waals surface area contributed by atoms with E-state index in [-0.39, 0.29) is 16.5 Å². The van der Waals surface area contributed by atoms with E-state index in [2.05, 4.69) is 10.0 Å². The number of benzene rings is 2. The molecule has 0 aliphatic carbocycles. The van der Waals surface area contributed by atoms with Gasteiger partial charge in [0.1, 0.15) is 6.04 Å². The molecule has 0 bridgehead atoms. The first-order valence-corrected chi connectivity index (χ1v) is 11.8. The molecule has 0 radical (unpaired) electrons. The van der Waals surface area contributed by atoms with Crippen LogP contribution in [0.2, 0.25) is 5.02 Å². The van der Waals surface area contributed by atoms with Crippen molar-refractivity contribution < 1.29 is 22.7 Å². The molecule has 3 rings (SSSR count). The van der Waals surface area contributed by atoms with Gasteiger partial charge < -0.3 is 15.0 Å². The predicted octanol–water partition coefficient (Wildman–Crippen LogP) is 2.52. The number of halogens is 1. The van der Waals surface area contributed by atoms with E-state index in [9.17, 15) is 18.0 Å². The summed E-state index contributed by atoms with van der Waals surface area (Å²) in [5.74, 6) is -0.577. The zero-order valence-corrected chi connectivity index (χ0v) is 19.0. The van der Waals surface area contributed by atoms with Gasteiger partial charge in [-0.3, -0.25) is 14.3 Å². The van der Waals surface area contributed by atoms with Crippen molar-refractivity contribution in [2.75, 3.05) is 31.0 Å². The van der Waals surface area contributed by atoms with E-state index in [0.717, 1.165) is 0 Å². The highest BCUT2D eigenvalue weighted by atomic mass is 35.5. The molecule has 2 amide bonds. The van der Waals surface area contributed by atoms with Crippen molar-refractivity contribution in [3.05, 3.63) is 65.2 Å². The van der Waals surface area contributed by atoms with Crippen LogP contribution in [0.4, 0.5) is 5.69 Å². The van der Waals surface area contributed by atoms with Crippen molar-refractivity contribution in [2.45, 2.75) is 17.9 Å². The van der Waals surface area contributed by atoms with E-state index in [1.807, 2.05) is 0 Å². The van der Waals surface area contributed by atoms with Gasteiger partial charge in [0.25, 0.3) is 10.0 Å². The Morgan fingerprint density at radius 3 is 2.41 bits per heavy atom. The molecule has 1 unspecified atom stereocenters. The first-order chi connectivity index (χ1) is 15.3. The zero-order chi connectivity index (χ0) is 23.1. The standard InChI is InChI=1S/C22H24ClN3O5S/c1-16(22(28)26-12-14-31-15-13-26)24-21(27)11-8-17-6-9-18(10-7-17)32(29,30)25-20-5-3-2-4-19(20)23/h2-11,16,25H,12-15H2,1H3,(H,24,27)/b11-8+. The molecule has 1 atom stereocenters. The lowest BCUT2D eigenvalue weighted by molar-refractivity contribution is -0.138. The van der Waals surface area contributed by atoms with Crippen molar-refractivity contribution in [3.63, 3.8) is 0 Å². The molecule has 1 saturated heterocycles. The molecule has 0 aromatic heterocycles. The maximum absolute atomic E-state index is 12.6. The van der Waals surface area contributed by atoms with Crippen molar-refractivity contribution in [1.82, 2.24) is 10.2 Å². The van der Waals surface area contributed by atoms with E-state index in [0.29, 0.717) is 36.9 Å². The van der Waals surface area contributed by atoms with Gasteiger partial charge in [0, 0.05) is 19.2 Å². The lowest BCUT2D eigenvalue weighted by Gasteiger charge is -2.29. The van der Waals surface area contributed by atoms with Gasteiger partial charge in [0.2, 0.25) is 11.8 Å². The normalized spacial score (nSPS) is 15.4. The summed E-state index contributed by atoms with van der Waals surface area (Å²) in [5.41, 5.74) is 0.916. The number of carbonyl (C=O) groups is 2. The molecule has 2 aromatic rings. The lowest BCUT2D eigenvalue weighted by atomic mass is 10.2. The Balaban J connectivity index is 1.58. The number of morpholine rings is 1. The molecule has 8 nitrogen and oxygen atoms in total. The summed E-state index contributed by atoms with van der Waals surface area (Å²) < 4.78 is 32.8. The van der Waals surface area contributed by atoms with Gasteiger partial charge in [-0.1, -0.05) is 35.9 Å². The Kier molecular flexibility index (Phi) is 7.89. The second-order valence-electron chi connectivity index (χ2n) is 7.16. The quantitative estimate of drug-likeness (QED) is 0.596. The minimum atomic E-state index is -3.81. The summed E-state index contributed by atoms with van der Waals surface area (Å²) in [4.78, 5) is 26.2. The summed E-state index contributed by atoms with van der Waals surface area (Å²) in [6.45, 7) is 3.64. The van der Waals surface area contributed by atoms with Gasteiger partial charge in [-0.15, -0.1) is 0 Å². The van der Waals surface area contributed by atoms with Crippen LogP contribution in [0.25, 0.3) is 6.08 Å². The summed E-state index contributed by atoms with van der Waals surface area (Å²) in [6, 6.07) is 11.9. The average molecular weight is 478 g/mol. The Morgan fingerprint density at radius 2 is 1.75 bits per heavy atom. The van der Waals surface area contributed by atoms with Crippen molar-refractivity contribution in [1.29, 1.82) is 0 Å². The van der Waals surface area contributed by atoms with E-state index >= 15 is 0 Å². The number of hydrogen-bond donors (Lipinski definition) is 2. The Bertz CT molecular complexity index is 1100. The number of sulfonamides is 1. The molecule has 0 saturated carbocycles. The van der Waals surface area contributed by atoms with E-state index in [4.69, 9.17) is 16.3 Å². The van der Waals surface area contributed by atoms with E-state index in [1.165, 1.54) is 18.2 Å². The summed E-state index contributed by atoms with van der Waals surface area (Å²) in [6.07, 6.45) is 2.84. The van der Waals surface area contributed by atoms with Crippen LogP contribution >= 0.6 is 11.6 Å². The van der Waals surface area contributed by atoms with Crippen LogP contribution in [-0.2, 0) is 24.3 Å². The third-order valence-corrected chi connectivity index (χ3v) is 6.50. The first-order valence-electron chi connectivity index (χ1n) is 9.99. The molecule has 10 heteroatoms. The lowest BCUT2D eigenvalue weighted by Crippen LogP contribution is -2.50. The summed E-state index contributed by atoms with van der Waals surface area (Å²) in [7, 11) is -3.81. The Morgan fingerprint density at radius 1 is 1.09 bits per heavy atom. The zero-order valence-electron chi connectivity index (χ0n) is 17.5. The van der Waals surface area contributed by atoms with Crippen molar-refractivity contribution >= 4 is 45.2 Å². The van der Waals surface area contributed by atoms with Gasteiger partial charge in [-0.25, -0.2) is 8.42 Å². The maximum Gasteiger partial charge on any atom is 0.261 e. The molecule has 1 fully saturated rings. The second-order valence-corrected chi connectivity index (χ2v) is 9.25. The third-order valence-electron chi connectivity index (χ3n) is 4.79. The monoisotopic (exact) mass is 477 g/mol. The van der Waals surface area contributed by atoms with Crippen molar-refractivity contribution in [3.8, 4) is 0 Å². The van der Waals surface area contributed by atoms with Crippen LogP contribution in [-0.4, -0.2) is 57.5 Å². The highest BCUT2D eigenvalue weighted by Crippen LogP contribution is 2.24. The van der Waals surface area contributed by atoms with E-state index < -0.39 is 22.0 Å². The number of ether oxygens (including phenoxy) is 1. The average Bonchev–Trinajstić information content (AvgIpc) is 2.79. The summed E-state index contributed by atoms with van der Waals surface area (Å²) >= 11 is 6.01. The van der Waals surface area contributed by atoms with Gasteiger partial charge in [-0.05, 0) is 42.8 Å². The minimum Gasteiger partial charge on any atom is -0.378 e. The molecule has 0 spiro atoms. The number of nitrogens with one attached hydrogen (secondary N) is 2. The maximum atomic E-state index is 12.6. The molecule has 2 aromatic carbocycles. The third kappa shape index (κ3) is 6.32. The molecule has 2 N–H and O–H groups in total. The smallest absolute Gasteiger partial charge is 0.261 e. The van der Waals surface area contributed by atoms with Crippen molar-refractivity contribution in [2.24, 2.45) is 0 Å². The number of carbonyl (C=O) groups excluding carboxylic acids is 2. The van der Waals surface area contributed by atoms with E-state index in [1.54, 1.807) is 54.3 Å². The number of amides is 2. The largest absolute Gasteiger partial charge is 0.378 e. The number of para-hydroxylation sites is 1. The predicted molar refractivity (Wildman–Crippen MR) is 123 cm³/mol. The van der Waals surface area contributed by atoms with Crippen LogP contribution in [0.15, 0.2) is 59.5 Å². The number of nitrogens with zero attached hydrogens (tertiary/aromatic N) is 1.